The van der Waals surface area contributed by atoms with Crippen molar-refractivity contribution in [3.8, 4) is 17.1 Å². The van der Waals surface area contributed by atoms with Gasteiger partial charge in [0.15, 0.2) is 0 Å². The molecule has 24 heavy (non-hydrogen) atoms. The van der Waals surface area contributed by atoms with Gasteiger partial charge in [-0.3, -0.25) is 0 Å². The van der Waals surface area contributed by atoms with E-state index >= 15 is 0 Å². The Morgan fingerprint density at radius 2 is 2.00 bits per heavy atom. The van der Waals surface area contributed by atoms with Crippen LogP contribution in [0.5, 0.6) is 5.75 Å². The topological polar surface area (TPSA) is 73.9 Å². The van der Waals surface area contributed by atoms with Gasteiger partial charge in [0.1, 0.15) is 31.1 Å². The first-order chi connectivity index (χ1) is 11.3. The van der Waals surface area contributed by atoms with Gasteiger partial charge in [0.25, 0.3) is 0 Å². The van der Waals surface area contributed by atoms with E-state index in [-0.39, 0.29) is 5.69 Å². The largest absolute Gasteiger partial charge is 0.490 e. The highest BCUT2D eigenvalue weighted by Crippen LogP contribution is 2.24. The van der Waals surface area contributed by atoms with Gasteiger partial charge in [0, 0.05) is 11.2 Å². The number of ether oxygens (including phenoxy) is 1. The third-order valence-electron chi connectivity index (χ3n) is 3.56. The molecule has 6 heteroatoms. The van der Waals surface area contributed by atoms with Gasteiger partial charge in [-0.25, -0.2) is 19.3 Å². The van der Waals surface area contributed by atoms with Crippen LogP contribution in [0.4, 0.5) is 4.39 Å². The van der Waals surface area contributed by atoms with Crippen LogP contribution in [0.2, 0.25) is 0 Å². The van der Waals surface area contributed by atoms with E-state index in [1.54, 1.807) is 12.1 Å². The summed E-state index contributed by atoms with van der Waals surface area (Å²) in [5.41, 5.74) is 8.11. The van der Waals surface area contributed by atoms with E-state index in [0.29, 0.717) is 29.7 Å². The summed E-state index contributed by atoms with van der Waals surface area (Å²) < 4.78 is 19.1. The molecule has 0 aliphatic heterocycles. The molecule has 2 aromatic heterocycles. The average Bonchev–Trinajstić information content (AvgIpc) is 2.51. The Hall–Kier alpha value is -2.08. The second-order valence-corrected chi connectivity index (χ2v) is 6.86. The van der Waals surface area contributed by atoms with Crippen LogP contribution in [0.25, 0.3) is 11.4 Å². The van der Waals surface area contributed by atoms with Gasteiger partial charge in [-0.2, -0.15) is 0 Å². The Morgan fingerprint density at radius 3 is 2.62 bits per heavy atom. The monoisotopic (exact) mass is 332 g/mol. The SMILES string of the molecule is Cc1cc(-c2ccc(OCC(C)(N)CC(C)C)c(CF)n2)ncn1. The quantitative estimate of drug-likeness (QED) is 0.840. The molecular formula is C18H25FN4O. The van der Waals surface area contributed by atoms with Crippen molar-refractivity contribution >= 4 is 0 Å². The number of hydrogen-bond donors (Lipinski definition) is 1. The number of aryl methyl sites for hydroxylation is 1. The lowest BCUT2D eigenvalue weighted by Crippen LogP contribution is -2.43. The maximum absolute atomic E-state index is 13.4. The smallest absolute Gasteiger partial charge is 0.143 e. The molecule has 2 aromatic rings. The van der Waals surface area contributed by atoms with Crippen molar-refractivity contribution in [1.29, 1.82) is 0 Å². The Kier molecular flexibility index (Phi) is 5.83. The Balaban J connectivity index is 2.17. The van der Waals surface area contributed by atoms with E-state index in [1.807, 2.05) is 19.9 Å². The van der Waals surface area contributed by atoms with E-state index in [9.17, 15) is 4.39 Å². The van der Waals surface area contributed by atoms with Gasteiger partial charge in [-0.05, 0) is 44.4 Å². The third-order valence-corrected chi connectivity index (χ3v) is 3.56. The average molecular weight is 332 g/mol. The number of halogens is 1. The van der Waals surface area contributed by atoms with Gasteiger partial charge >= 0.3 is 0 Å². The van der Waals surface area contributed by atoms with E-state index in [2.05, 4.69) is 28.8 Å². The molecule has 0 amide bonds. The molecule has 0 aliphatic carbocycles. The Bertz CT molecular complexity index is 688. The second kappa shape index (κ2) is 7.66. The van der Waals surface area contributed by atoms with Crippen molar-refractivity contribution in [2.24, 2.45) is 11.7 Å². The molecule has 0 aromatic carbocycles. The molecule has 0 bridgehead atoms. The minimum atomic E-state index is -0.710. The predicted molar refractivity (Wildman–Crippen MR) is 92.4 cm³/mol. The fourth-order valence-corrected chi connectivity index (χ4v) is 2.69. The summed E-state index contributed by atoms with van der Waals surface area (Å²) in [4.78, 5) is 12.6. The van der Waals surface area contributed by atoms with Crippen molar-refractivity contribution in [3.63, 3.8) is 0 Å². The zero-order chi connectivity index (χ0) is 17.7. The minimum absolute atomic E-state index is 0.254. The molecule has 2 rings (SSSR count). The number of hydrogen-bond acceptors (Lipinski definition) is 5. The van der Waals surface area contributed by atoms with Gasteiger partial charge in [0.05, 0.1) is 11.4 Å². The summed E-state index contributed by atoms with van der Waals surface area (Å²) >= 11 is 0. The van der Waals surface area contributed by atoms with E-state index in [1.165, 1.54) is 6.33 Å². The molecule has 2 heterocycles. The fraction of sp³-hybridized carbons (Fsp3) is 0.500. The summed E-state index contributed by atoms with van der Waals surface area (Å²) in [7, 11) is 0. The summed E-state index contributed by atoms with van der Waals surface area (Å²) in [5, 5.41) is 0. The van der Waals surface area contributed by atoms with Crippen molar-refractivity contribution in [3.05, 3.63) is 35.9 Å². The highest BCUT2D eigenvalue weighted by atomic mass is 19.1. The number of pyridine rings is 1. The first kappa shape index (κ1) is 18.3. The first-order valence-corrected chi connectivity index (χ1v) is 8.07. The van der Waals surface area contributed by atoms with E-state index in [4.69, 9.17) is 10.5 Å². The van der Waals surface area contributed by atoms with Crippen LogP contribution in [-0.2, 0) is 6.67 Å². The Morgan fingerprint density at radius 1 is 1.25 bits per heavy atom. The van der Waals surface area contributed by atoms with E-state index in [0.717, 1.165) is 12.1 Å². The minimum Gasteiger partial charge on any atom is -0.490 e. The number of rotatable bonds is 7. The number of alkyl halides is 1. The van der Waals surface area contributed by atoms with E-state index < -0.39 is 12.2 Å². The molecule has 2 N–H and O–H groups in total. The molecule has 1 atom stereocenters. The maximum Gasteiger partial charge on any atom is 0.143 e. The Labute approximate surface area is 142 Å². The highest BCUT2D eigenvalue weighted by Gasteiger charge is 2.22. The van der Waals surface area contributed by atoms with Crippen LogP contribution in [0, 0.1) is 12.8 Å². The lowest BCUT2D eigenvalue weighted by atomic mass is 9.93. The molecule has 5 nitrogen and oxygen atoms in total. The lowest BCUT2D eigenvalue weighted by molar-refractivity contribution is 0.203. The summed E-state index contributed by atoms with van der Waals surface area (Å²) in [5.74, 6) is 0.887. The van der Waals surface area contributed by atoms with Gasteiger partial charge < -0.3 is 10.5 Å². The molecule has 1 unspecified atom stereocenters. The normalized spacial score (nSPS) is 13.8. The van der Waals surface area contributed by atoms with Crippen LogP contribution >= 0.6 is 0 Å². The predicted octanol–water partition coefficient (Wildman–Crippen LogP) is 3.46. The molecular weight excluding hydrogens is 307 g/mol. The third kappa shape index (κ3) is 4.96. The number of nitrogens with zero attached hydrogens (tertiary/aromatic N) is 3. The molecule has 0 spiro atoms. The van der Waals surface area contributed by atoms with Crippen LogP contribution in [0.1, 0.15) is 38.6 Å². The summed E-state index contributed by atoms with van der Waals surface area (Å²) in [6.07, 6.45) is 2.29. The molecule has 0 radical (unpaired) electrons. The number of nitrogens with two attached hydrogens (primary N) is 1. The summed E-state index contributed by atoms with van der Waals surface area (Å²) in [6.45, 7) is 7.63. The van der Waals surface area contributed by atoms with Crippen molar-refractivity contribution in [2.75, 3.05) is 6.61 Å². The molecule has 0 saturated heterocycles. The molecule has 0 fully saturated rings. The fourth-order valence-electron chi connectivity index (χ4n) is 2.69. The van der Waals surface area contributed by atoms with Crippen LogP contribution in [0.15, 0.2) is 24.5 Å². The zero-order valence-corrected chi connectivity index (χ0v) is 14.7. The standard InChI is InChI=1S/C18H25FN4O/c1-12(2)8-18(4,20)10-24-17-6-5-14(23-16(17)9-19)15-7-13(3)21-11-22-15/h5-7,11-12H,8-10,20H2,1-4H3. The zero-order valence-electron chi connectivity index (χ0n) is 14.7. The maximum atomic E-state index is 13.4. The van der Waals surface area contributed by atoms with Crippen LogP contribution in [-0.4, -0.2) is 27.1 Å². The van der Waals surface area contributed by atoms with Crippen molar-refractivity contribution < 1.29 is 9.13 Å². The number of aromatic nitrogens is 3. The van der Waals surface area contributed by atoms with Crippen LogP contribution < -0.4 is 10.5 Å². The molecule has 130 valence electrons. The van der Waals surface area contributed by atoms with Gasteiger partial charge in [0.2, 0.25) is 0 Å². The van der Waals surface area contributed by atoms with Crippen LogP contribution in [0.3, 0.4) is 0 Å². The van der Waals surface area contributed by atoms with Crippen molar-refractivity contribution in [2.45, 2.75) is 46.3 Å². The summed E-state index contributed by atoms with van der Waals surface area (Å²) in [6, 6.07) is 5.30. The van der Waals surface area contributed by atoms with Crippen molar-refractivity contribution in [1.82, 2.24) is 15.0 Å². The van der Waals surface area contributed by atoms with Gasteiger partial charge in [-0.15, -0.1) is 0 Å². The molecule has 0 saturated carbocycles. The second-order valence-electron chi connectivity index (χ2n) is 6.86. The first-order valence-electron chi connectivity index (χ1n) is 8.07. The molecule has 0 aliphatic rings. The lowest BCUT2D eigenvalue weighted by Gasteiger charge is -2.27. The van der Waals surface area contributed by atoms with Gasteiger partial charge in [-0.1, -0.05) is 13.8 Å². The highest BCUT2D eigenvalue weighted by molar-refractivity contribution is 5.55.